The normalized spacial score (nSPS) is 11.6. The summed E-state index contributed by atoms with van der Waals surface area (Å²) in [4.78, 5) is 0. The molecule has 0 aromatic heterocycles. The van der Waals surface area contributed by atoms with Crippen LogP contribution in [0, 0.1) is 6.92 Å². The van der Waals surface area contributed by atoms with Crippen molar-refractivity contribution in [2.75, 3.05) is 17.7 Å². The number of hydrogen-bond acceptors (Lipinski definition) is 1. The Labute approximate surface area is 104 Å². The van der Waals surface area contributed by atoms with E-state index in [1.54, 1.807) is 0 Å². The smallest absolute Gasteiger partial charge is 0.0372 e. The number of aryl methyl sites for hydroxylation is 1. The Morgan fingerprint density at radius 1 is 1.25 bits per heavy atom. The van der Waals surface area contributed by atoms with Crippen LogP contribution >= 0.6 is 11.6 Å². The molecular formula is C14H22ClN. The Kier molecular flexibility index (Phi) is 4.67. The minimum atomic E-state index is 0.205. The van der Waals surface area contributed by atoms with Gasteiger partial charge >= 0.3 is 0 Å². The maximum atomic E-state index is 5.67. The molecule has 0 saturated heterocycles. The van der Waals surface area contributed by atoms with Crippen LogP contribution in [0.25, 0.3) is 0 Å². The highest BCUT2D eigenvalue weighted by atomic mass is 35.5. The van der Waals surface area contributed by atoms with Gasteiger partial charge in [0, 0.05) is 18.1 Å². The van der Waals surface area contributed by atoms with Gasteiger partial charge in [-0.15, -0.1) is 11.6 Å². The topological polar surface area (TPSA) is 12.0 Å². The Morgan fingerprint density at radius 2 is 1.94 bits per heavy atom. The predicted octanol–water partition coefficient (Wildman–Crippen LogP) is 4.33. The van der Waals surface area contributed by atoms with Crippen molar-refractivity contribution in [2.24, 2.45) is 0 Å². The fourth-order valence-corrected chi connectivity index (χ4v) is 1.70. The summed E-state index contributed by atoms with van der Waals surface area (Å²) in [6, 6.07) is 6.65. The molecule has 1 aromatic rings. The highest BCUT2D eigenvalue weighted by molar-refractivity contribution is 6.17. The zero-order valence-corrected chi connectivity index (χ0v) is 11.5. The number of alkyl halides is 1. The largest absolute Gasteiger partial charge is 0.385 e. The van der Waals surface area contributed by atoms with Gasteiger partial charge in [0.2, 0.25) is 0 Å². The van der Waals surface area contributed by atoms with Gasteiger partial charge in [-0.3, -0.25) is 0 Å². The lowest BCUT2D eigenvalue weighted by molar-refractivity contribution is 0.590. The first-order valence-corrected chi connectivity index (χ1v) is 6.39. The maximum absolute atomic E-state index is 5.67. The molecular weight excluding hydrogens is 218 g/mol. The minimum Gasteiger partial charge on any atom is -0.385 e. The molecule has 0 amide bonds. The molecule has 0 heterocycles. The average Bonchev–Trinajstić information content (AvgIpc) is 2.19. The van der Waals surface area contributed by atoms with Gasteiger partial charge in [-0.05, 0) is 36.0 Å². The molecule has 0 unspecified atom stereocenters. The number of hydrogen-bond donors (Lipinski definition) is 1. The van der Waals surface area contributed by atoms with E-state index in [1.807, 2.05) is 0 Å². The van der Waals surface area contributed by atoms with Crippen LogP contribution < -0.4 is 5.32 Å². The monoisotopic (exact) mass is 239 g/mol. The van der Waals surface area contributed by atoms with Gasteiger partial charge < -0.3 is 5.32 Å². The molecule has 16 heavy (non-hydrogen) atoms. The van der Waals surface area contributed by atoms with E-state index < -0.39 is 0 Å². The highest BCUT2D eigenvalue weighted by Crippen LogP contribution is 2.26. The molecule has 0 radical (unpaired) electrons. The highest BCUT2D eigenvalue weighted by Gasteiger charge is 2.14. The van der Waals surface area contributed by atoms with E-state index in [9.17, 15) is 0 Å². The van der Waals surface area contributed by atoms with Crippen molar-refractivity contribution in [2.45, 2.75) is 39.5 Å². The molecule has 0 spiro atoms. The molecule has 90 valence electrons. The van der Waals surface area contributed by atoms with E-state index in [1.165, 1.54) is 16.8 Å². The number of nitrogens with one attached hydrogen (secondary N) is 1. The summed E-state index contributed by atoms with van der Waals surface area (Å²) in [6.45, 7) is 9.79. The first kappa shape index (κ1) is 13.4. The van der Waals surface area contributed by atoms with Crippen molar-refractivity contribution in [1.82, 2.24) is 0 Å². The van der Waals surface area contributed by atoms with Crippen molar-refractivity contribution < 1.29 is 0 Å². The lowest BCUT2D eigenvalue weighted by atomic mass is 9.86. The lowest BCUT2D eigenvalue weighted by Crippen LogP contribution is -2.12. The standard InChI is InChI=1S/C14H22ClN/c1-11-6-7-12(14(2,3)4)10-13(11)16-9-5-8-15/h6-7,10,16H,5,8-9H2,1-4H3. The molecule has 2 heteroatoms. The molecule has 0 aliphatic rings. The average molecular weight is 240 g/mol. The van der Waals surface area contributed by atoms with Crippen LogP contribution in [0.5, 0.6) is 0 Å². The third-order valence-corrected chi connectivity index (χ3v) is 3.00. The molecule has 1 aromatic carbocycles. The van der Waals surface area contributed by atoms with Gasteiger partial charge in [-0.2, -0.15) is 0 Å². The van der Waals surface area contributed by atoms with Gasteiger partial charge in [-0.1, -0.05) is 32.9 Å². The number of rotatable bonds is 4. The number of anilines is 1. The van der Waals surface area contributed by atoms with E-state index in [2.05, 4.69) is 51.2 Å². The fourth-order valence-electron chi connectivity index (χ4n) is 1.57. The van der Waals surface area contributed by atoms with Crippen LogP contribution in [0.3, 0.4) is 0 Å². The fraction of sp³-hybridized carbons (Fsp3) is 0.571. The molecule has 0 aliphatic carbocycles. The Morgan fingerprint density at radius 3 is 2.50 bits per heavy atom. The van der Waals surface area contributed by atoms with Gasteiger partial charge in [-0.25, -0.2) is 0 Å². The molecule has 1 nitrogen and oxygen atoms in total. The maximum Gasteiger partial charge on any atom is 0.0372 e. The van der Waals surface area contributed by atoms with Crippen LogP contribution in [0.2, 0.25) is 0 Å². The SMILES string of the molecule is Cc1ccc(C(C)(C)C)cc1NCCCCl. The van der Waals surface area contributed by atoms with Crippen LogP contribution in [0.15, 0.2) is 18.2 Å². The quantitative estimate of drug-likeness (QED) is 0.609. The molecule has 1 N–H and O–H groups in total. The second kappa shape index (κ2) is 5.58. The summed E-state index contributed by atoms with van der Waals surface area (Å²) in [5.74, 6) is 0.713. The summed E-state index contributed by atoms with van der Waals surface area (Å²) in [7, 11) is 0. The van der Waals surface area contributed by atoms with Crippen LogP contribution in [-0.2, 0) is 5.41 Å². The summed E-state index contributed by atoms with van der Waals surface area (Å²) >= 11 is 5.67. The van der Waals surface area contributed by atoms with E-state index in [4.69, 9.17) is 11.6 Å². The molecule has 0 aliphatic heterocycles. The zero-order valence-electron chi connectivity index (χ0n) is 10.7. The first-order valence-electron chi connectivity index (χ1n) is 5.86. The van der Waals surface area contributed by atoms with Crippen molar-refractivity contribution >= 4 is 17.3 Å². The van der Waals surface area contributed by atoms with Gasteiger partial charge in [0.15, 0.2) is 0 Å². The van der Waals surface area contributed by atoms with Gasteiger partial charge in [0.05, 0.1) is 0 Å². The van der Waals surface area contributed by atoms with E-state index >= 15 is 0 Å². The van der Waals surface area contributed by atoms with Crippen molar-refractivity contribution in [3.05, 3.63) is 29.3 Å². The van der Waals surface area contributed by atoms with E-state index in [0.717, 1.165) is 13.0 Å². The number of halogens is 1. The number of benzene rings is 1. The van der Waals surface area contributed by atoms with Crippen molar-refractivity contribution in [1.29, 1.82) is 0 Å². The van der Waals surface area contributed by atoms with Crippen molar-refractivity contribution in [3.63, 3.8) is 0 Å². The van der Waals surface area contributed by atoms with Crippen LogP contribution in [0.1, 0.15) is 38.3 Å². The van der Waals surface area contributed by atoms with Gasteiger partial charge in [0.1, 0.15) is 0 Å². The Hall–Kier alpha value is -0.690. The third kappa shape index (κ3) is 3.71. The van der Waals surface area contributed by atoms with E-state index in [0.29, 0.717) is 5.88 Å². The lowest BCUT2D eigenvalue weighted by Gasteiger charge is -2.21. The summed E-state index contributed by atoms with van der Waals surface area (Å²) in [5, 5.41) is 3.44. The second-order valence-electron chi connectivity index (χ2n) is 5.25. The predicted molar refractivity (Wildman–Crippen MR) is 73.7 cm³/mol. The molecule has 0 atom stereocenters. The Bertz CT molecular complexity index is 339. The zero-order chi connectivity index (χ0) is 12.2. The summed E-state index contributed by atoms with van der Waals surface area (Å²) in [6.07, 6.45) is 1.00. The third-order valence-electron chi connectivity index (χ3n) is 2.73. The summed E-state index contributed by atoms with van der Waals surface area (Å²) in [5.41, 5.74) is 4.10. The molecule has 0 fully saturated rings. The van der Waals surface area contributed by atoms with E-state index in [-0.39, 0.29) is 5.41 Å². The van der Waals surface area contributed by atoms with Gasteiger partial charge in [0.25, 0.3) is 0 Å². The molecule has 0 saturated carbocycles. The summed E-state index contributed by atoms with van der Waals surface area (Å²) < 4.78 is 0. The first-order chi connectivity index (χ1) is 7.45. The minimum absolute atomic E-state index is 0.205. The second-order valence-corrected chi connectivity index (χ2v) is 5.63. The Balaban J connectivity index is 2.83. The van der Waals surface area contributed by atoms with Crippen LogP contribution in [-0.4, -0.2) is 12.4 Å². The van der Waals surface area contributed by atoms with Crippen LogP contribution in [0.4, 0.5) is 5.69 Å². The molecule has 1 rings (SSSR count). The van der Waals surface area contributed by atoms with Crippen molar-refractivity contribution in [3.8, 4) is 0 Å². The molecule has 0 bridgehead atoms.